The van der Waals surface area contributed by atoms with Gasteiger partial charge in [-0.05, 0) is 31.2 Å². The molecular weight excluding hydrogens is 356 g/mol. The van der Waals surface area contributed by atoms with E-state index in [4.69, 9.17) is 9.15 Å². The van der Waals surface area contributed by atoms with Gasteiger partial charge in [0.05, 0.1) is 17.5 Å². The number of hydrogen-bond acceptors (Lipinski definition) is 4. The molecule has 0 radical (unpaired) electrons. The summed E-state index contributed by atoms with van der Waals surface area (Å²) in [6.45, 7) is 2.80. The number of aromatic nitrogens is 1. The summed E-state index contributed by atoms with van der Waals surface area (Å²) in [5.41, 5.74) is 2.02. The summed E-state index contributed by atoms with van der Waals surface area (Å²) < 4.78 is 12.7. The molecule has 1 N–H and O–H groups in total. The van der Waals surface area contributed by atoms with Gasteiger partial charge in [-0.3, -0.25) is 4.79 Å². The van der Waals surface area contributed by atoms with Gasteiger partial charge < -0.3 is 19.0 Å². The van der Waals surface area contributed by atoms with Crippen LogP contribution in [-0.4, -0.2) is 17.1 Å². The quantitative estimate of drug-likeness (QED) is 0.540. The molecule has 6 nitrogen and oxygen atoms in total. The first kappa shape index (κ1) is 17.9. The van der Waals surface area contributed by atoms with E-state index in [1.165, 1.54) is 0 Å². The zero-order valence-corrected chi connectivity index (χ0v) is 15.7. The summed E-state index contributed by atoms with van der Waals surface area (Å²) in [5.74, 6) is 0.475. The van der Waals surface area contributed by atoms with Crippen molar-refractivity contribution >= 4 is 27.8 Å². The average molecular weight is 376 g/mol. The fourth-order valence-corrected chi connectivity index (χ4v) is 3.42. The summed E-state index contributed by atoms with van der Waals surface area (Å²) in [6.07, 6.45) is 0. The Bertz CT molecular complexity index is 1240. The lowest BCUT2D eigenvalue weighted by atomic mass is 10.2. The van der Waals surface area contributed by atoms with Gasteiger partial charge in [-0.15, -0.1) is 0 Å². The number of benzene rings is 2. The smallest absolute Gasteiger partial charge is 0.345 e. The molecular formula is C22H20N2O4. The van der Waals surface area contributed by atoms with Gasteiger partial charge in [0, 0.05) is 24.5 Å². The molecule has 0 saturated heterocycles. The number of fused-ring (bicyclic) bond motifs is 3. The number of carbonyl (C=O) groups is 1. The zero-order valence-electron chi connectivity index (χ0n) is 15.7. The van der Waals surface area contributed by atoms with E-state index in [1.54, 1.807) is 23.7 Å². The molecule has 0 aliphatic rings. The standard InChI is InChI=1S/C22H20N2O4/c1-3-27-18-10-6-4-8-14(18)13-23-21(25)17-12-16-20(24(17)2)15-9-5-7-11-19(15)28-22(16)26/h4-12H,3,13H2,1-2H3,(H,23,25). The van der Waals surface area contributed by atoms with Crippen molar-refractivity contribution in [2.75, 3.05) is 6.61 Å². The summed E-state index contributed by atoms with van der Waals surface area (Å²) >= 11 is 0. The maximum Gasteiger partial charge on any atom is 0.345 e. The number of rotatable bonds is 5. The van der Waals surface area contributed by atoms with Crippen molar-refractivity contribution in [1.29, 1.82) is 0 Å². The second-order valence-corrected chi connectivity index (χ2v) is 6.46. The molecule has 0 spiro atoms. The van der Waals surface area contributed by atoms with Gasteiger partial charge in [0.1, 0.15) is 17.0 Å². The number of hydrogen-bond donors (Lipinski definition) is 1. The predicted molar refractivity (Wildman–Crippen MR) is 108 cm³/mol. The number of amides is 1. The second kappa shape index (κ2) is 7.23. The molecule has 0 bridgehead atoms. The number of ether oxygens (including phenoxy) is 1. The van der Waals surface area contributed by atoms with Crippen LogP contribution in [0, 0.1) is 0 Å². The molecule has 2 heterocycles. The molecule has 4 aromatic rings. The van der Waals surface area contributed by atoms with Gasteiger partial charge in [0.25, 0.3) is 5.91 Å². The molecule has 4 rings (SSSR count). The Hall–Kier alpha value is -3.54. The molecule has 142 valence electrons. The number of carbonyl (C=O) groups excluding carboxylic acids is 1. The maximum atomic E-state index is 12.8. The van der Waals surface area contributed by atoms with Crippen LogP contribution in [0.3, 0.4) is 0 Å². The van der Waals surface area contributed by atoms with Crippen LogP contribution in [0.2, 0.25) is 0 Å². The van der Waals surface area contributed by atoms with E-state index in [9.17, 15) is 9.59 Å². The fraction of sp³-hybridized carbons (Fsp3) is 0.182. The first-order valence-corrected chi connectivity index (χ1v) is 9.10. The van der Waals surface area contributed by atoms with Gasteiger partial charge in [0.2, 0.25) is 0 Å². The first-order valence-electron chi connectivity index (χ1n) is 9.10. The molecule has 0 unspecified atom stereocenters. The van der Waals surface area contributed by atoms with Gasteiger partial charge in [-0.1, -0.05) is 30.3 Å². The lowest BCUT2D eigenvalue weighted by Crippen LogP contribution is -2.25. The van der Waals surface area contributed by atoms with Crippen molar-refractivity contribution < 1.29 is 13.9 Å². The Labute approximate surface area is 161 Å². The van der Waals surface area contributed by atoms with Gasteiger partial charge in [0.15, 0.2) is 0 Å². The highest BCUT2D eigenvalue weighted by Crippen LogP contribution is 2.25. The molecule has 2 aromatic carbocycles. The Morgan fingerprint density at radius 1 is 1.11 bits per heavy atom. The molecule has 0 atom stereocenters. The molecule has 6 heteroatoms. The highest BCUT2D eigenvalue weighted by Gasteiger charge is 2.18. The van der Waals surface area contributed by atoms with Gasteiger partial charge in [-0.2, -0.15) is 0 Å². The summed E-state index contributed by atoms with van der Waals surface area (Å²) in [5, 5.41) is 4.09. The van der Waals surface area contributed by atoms with E-state index in [-0.39, 0.29) is 5.91 Å². The predicted octanol–water partition coefficient (Wildman–Crippen LogP) is 3.61. The van der Waals surface area contributed by atoms with Crippen LogP contribution in [-0.2, 0) is 13.6 Å². The number of aryl methyl sites for hydroxylation is 1. The maximum absolute atomic E-state index is 12.8. The van der Waals surface area contributed by atoms with Crippen molar-refractivity contribution in [3.63, 3.8) is 0 Å². The number of para-hydroxylation sites is 2. The van der Waals surface area contributed by atoms with Crippen molar-refractivity contribution in [1.82, 2.24) is 9.88 Å². The molecule has 0 saturated carbocycles. The summed E-state index contributed by atoms with van der Waals surface area (Å²) in [7, 11) is 1.78. The van der Waals surface area contributed by atoms with Crippen molar-refractivity contribution in [2.45, 2.75) is 13.5 Å². The topological polar surface area (TPSA) is 73.5 Å². The minimum absolute atomic E-state index is 0.270. The fourth-order valence-electron chi connectivity index (χ4n) is 3.42. The van der Waals surface area contributed by atoms with Crippen LogP contribution in [0.25, 0.3) is 21.9 Å². The Kier molecular flexibility index (Phi) is 4.61. The van der Waals surface area contributed by atoms with Crippen LogP contribution < -0.4 is 15.7 Å². The average Bonchev–Trinajstić information content (AvgIpc) is 3.06. The van der Waals surface area contributed by atoms with Gasteiger partial charge in [-0.25, -0.2) is 4.79 Å². The SMILES string of the molecule is CCOc1ccccc1CNC(=O)c1cc2c(=O)oc3ccccc3c2n1C. The lowest BCUT2D eigenvalue weighted by Gasteiger charge is -2.11. The van der Waals surface area contributed by atoms with Crippen LogP contribution in [0.5, 0.6) is 5.75 Å². The molecule has 0 fully saturated rings. The Balaban J connectivity index is 1.69. The zero-order chi connectivity index (χ0) is 19.7. The van der Waals surface area contributed by atoms with Crippen LogP contribution >= 0.6 is 0 Å². The van der Waals surface area contributed by atoms with Crippen LogP contribution in [0.15, 0.2) is 63.8 Å². The van der Waals surface area contributed by atoms with Gasteiger partial charge >= 0.3 is 5.63 Å². The number of nitrogens with one attached hydrogen (secondary N) is 1. The highest BCUT2D eigenvalue weighted by molar-refractivity contribution is 6.07. The van der Waals surface area contributed by atoms with E-state index in [1.807, 2.05) is 49.4 Å². The molecule has 0 aliphatic carbocycles. The van der Waals surface area contributed by atoms with Crippen molar-refractivity contribution in [3.05, 3.63) is 76.3 Å². The molecule has 0 aliphatic heterocycles. The third kappa shape index (κ3) is 3.03. The highest BCUT2D eigenvalue weighted by atomic mass is 16.5. The van der Waals surface area contributed by atoms with E-state index in [0.717, 1.165) is 16.7 Å². The molecule has 2 aromatic heterocycles. The van der Waals surface area contributed by atoms with E-state index in [2.05, 4.69) is 5.32 Å². The minimum atomic E-state index is -0.454. The largest absolute Gasteiger partial charge is 0.494 e. The van der Waals surface area contributed by atoms with Crippen molar-refractivity contribution in [2.24, 2.45) is 7.05 Å². The lowest BCUT2D eigenvalue weighted by molar-refractivity contribution is 0.0943. The molecule has 28 heavy (non-hydrogen) atoms. The summed E-state index contributed by atoms with van der Waals surface area (Å²) in [4.78, 5) is 25.2. The Morgan fingerprint density at radius 3 is 2.68 bits per heavy atom. The van der Waals surface area contributed by atoms with Crippen LogP contribution in [0.1, 0.15) is 23.0 Å². The van der Waals surface area contributed by atoms with E-state index in [0.29, 0.717) is 35.3 Å². The normalized spacial score (nSPS) is 11.1. The van der Waals surface area contributed by atoms with E-state index >= 15 is 0 Å². The third-order valence-electron chi connectivity index (χ3n) is 4.74. The van der Waals surface area contributed by atoms with Crippen molar-refractivity contribution in [3.8, 4) is 5.75 Å². The minimum Gasteiger partial charge on any atom is -0.494 e. The first-order chi connectivity index (χ1) is 13.6. The monoisotopic (exact) mass is 376 g/mol. The molecule has 1 amide bonds. The third-order valence-corrected chi connectivity index (χ3v) is 4.74. The Morgan fingerprint density at radius 2 is 1.86 bits per heavy atom. The number of nitrogens with zero attached hydrogens (tertiary/aromatic N) is 1. The van der Waals surface area contributed by atoms with E-state index < -0.39 is 5.63 Å². The van der Waals surface area contributed by atoms with Crippen LogP contribution in [0.4, 0.5) is 0 Å². The summed E-state index contributed by atoms with van der Waals surface area (Å²) in [6, 6.07) is 16.5. The second-order valence-electron chi connectivity index (χ2n) is 6.46.